The summed E-state index contributed by atoms with van der Waals surface area (Å²) in [4.78, 5) is 2.56. The minimum Gasteiger partial charge on any atom is -0.497 e. The van der Waals surface area contributed by atoms with E-state index >= 15 is 0 Å². The van der Waals surface area contributed by atoms with Crippen LogP contribution >= 0.6 is 11.8 Å². The number of nitrogens with zero attached hydrogens (tertiary/aromatic N) is 1. The normalized spacial score (nSPS) is 29.9. The lowest BCUT2D eigenvalue weighted by Crippen LogP contribution is -2.44. The van der Waals surface area contributed by atoms with Crippen molar-refractivity contribution in [2.45, 2.75) is 37.7 Å². The summed E-state index contributed by atoms with van der Waals surface area (Å²) in [6.45, 7) is 3.39. The summed E-state index contributed by atoms with van der Waals surface area (Å²) in [5.41, 5.74) is 0.302. The van der Waals surface area contributed by atoms with Gasteiger partial charge in [-0.15, -0.1) is 0 Å². The molecule has 1 aromatic carbocycles. The van der Waals surface area contributed by atoms with Crippen LogP contribution in [0.15, 0.2) is 24.3 Å². The van der Waals surface area contributed by atoms with Gasteiger partial charge in [0.1, 0.15) is 5.75 Å². The minimum absolute atomic E-state index is 0.292. The molecule has 128 valence electrons. The van der Waals surface area contributed by atoms with Crippen molar-refractivity contribution in [1.82, 2.24) is 4.90 Å². The van der Waals surface area contributed by atoms with E-state index in [0.29, 0.717) is 5.92 Å². The van der Waals surface area contributed by atoms with Gasteiger partial charge in [-0.05, 0) is 62.2 Å². The summed E-state index contributed by atoms with van der Waals surface area (Å²) in [5.74, 6) is 3.33. The van der Waals surface area contributed by atoms with Gasteiger partial charge in [-0.2, -0.15) is 11.8 Å². The molecule has 0 amide bonds. The van der Waals surface area contributed by atoms with E-state index in [2.05, 4.69) is 11.0 Å². The van der Waals surface area contributed by atoms with Crippen molar-refractivity contribution < 1.29 is 9.84 Å². The van der Waals surface area contributed by atoms with Crippen LogP contribution in [0.2, 0.25) is 0 Å². The van der Waals surface area contributed by atoms with Crippen molar-refractivity contribution in [2.75, 3.05) is 38.2 Å². The summed E-state index contributed by atoms with van der Waals surface area (Å²) in [7, 11) is 1.69. The van der Waals surface area contributed by atoms with Gasteiger partial charge in [-0.3, -0.25) is 0 Å². The van der Waals surface area contributed by atoms with Gasteiger partial charge in [-0.1, -0.05) is 18.6 Å². The maximum Gasteiger partial charge on any atom is 0.119 e. The average Bonchev–Trinajstić information content (AvgIpc) is 2.79. The zero-order chi connectivity index (χ0) is 16.1. The quantitative estimate of drug-likeness (QED) is 0.913. The van der Waals surface area contributed by atoms with Gasteiger partial charge in [-0.25, -0.2) is 0 Å². The molecule has 0 radical (unpaired) electrons. The molecule has 1 aromatic rings. The van der Waals surface area contributed by atoms with Gasteiger partial charge in [0.15, 0.2) is 0 Å². The molecule has 0 saturated carbocycles. The van der Waals surface area contributed by atoms with E-state index in [-0.39, 0.29) is 0 Å². The fourth-order valence-electron chi connectivity index (χ4n) is 3.94. The van der Waals surface area contributed by atoms with Crippen LogP contribution in [0.25, 0.3) is 0 Å². The van der Waals surface area contributed by atoms with Gasteiger partial charge in [0.05, 0.1) is 12.7 Å². The Bertz CT molecular complexity index is 504. The van der Waals surface area contributed by atoms with Gasteiger partial charge in [0.25, 0.3) is 0 Å². The Morgan fingerprint density at radius 2 is 2.09 bits per heavy atom. The molecule has 0 aromatic heterocycles. The third-order valence-corrected chi connectivity index (χ3v) is 6.55. The number of methoxy groups -OCH3 is 1. The molecule has 0 spiro atoms. The number of hydrogen-bond donors (Lipinski definition) is 1. The number of thioether (sulfide) groups is 1. The molecule has 2 fully saturated rings. The van der Waals surface area contributed by atoms with Crippen LogP contribution in [0.4, 0.5) is 0 Å². The number of ether oxygens (including phenoxy) is 1. The van der Waals surface area contributed by atoms with Crippen LogP contribution in [-0.4, -0.2) is 48.3 Å². The number of likely N-dealkylation sites (tertiary alicyclic amines) is 1. The van der Waals surface area contributed by atoms with Crippen LogP contribution in [0.3, 0.4) is 0 Å². The summed E-state index contributed by atoms with van der Waals surface area (Å²) in [5, 5.41) is 11.6. The van der Waals surface area contributed by atoms with E-state index in [1.54, 1.807) is 7.11 Å². The highest BCUT2D eigenvalue weighted by atomic mass is 32.2. The minimum atomic E-state index is -0.727. The summed E-state index contributed by atoms with van der Waals surface area (Å²) in [6, 6.07) is 8.06. The van der Waals surface area contributed by atoms with Crippen molar-refractivity contribution in [3.05, 3.63) is 29.8 Å². The van der Waals surface area contributed by atoms with Crippen LogP contribution < -0.4 is 4.74 Å². The molecule has 4 heteroatoms. The third kappa shape index (κ3) is 4.04. The molecule has 3 nitrogen and oxygen atoms in total. The maximum atomic E-state index is 11.6. The maximum absolute atomic E-state index is 11.6. The SMILES string of the molecule is COc1cccc(C2(O)CCCSCC2CN2CCCCC2)c1. The summed E-state index contributed by atoms with van der Waals surface area (Å²) >= 11 is 2.00. The topological polar surface area (TPSA) is 32.7 Å². The Morgan fingerprint density at radius 1 is 1.26 bits per heavy atom. The molecule has 2 atom stereocenters. The first-order valence-electron chi connectivity index (χ1n) is 8.89. The van der Waals surface area contributed by atoms with Gasteiger partial charge < -0.3 is 14.7 Å². The van der Waals surface area contributed by atoms with Crippen LogP contribution in [0, 0.1) is 5.92 Å². The summed E-state index contributed by atoms with van der Waals surface area (Å²) in [6.07, 6.45) is 5.89. The zero-order valence-electron chi connectivity index (χ0n) is 14.2. The summed E-state index contributed by atoms with van der Waals surface area (Å²) < 4.78 is 5.38. The third-order valence-electron chi connectivity index (χ3n) is 5.34. The first kappa shape index (κ1) is 17.1. The second-order valence-electron chi connectivity index (χ2n) is 6.89. The fourth-order valence-corrected chi connectivity index (χ4v) is 5.12. The Hall–Kier alpha value is -0.710. The predicted molar refractivity (Wildman–Crippen MR) is 97.2 cm³/mol. The lowest BCUT2D eigenvalue weighted by Gasteiger charge is -2.39. The smallest absolute Gasteiger partial charge is 0.119 e. The van der Waals surface area contributed by atoms with Crippen molar-refractivity contribution in [2.24, 2.45) is 5.92 Å². The van der Waals surface area contributed by atoms with Crippen LogP contribution in [0.1, 0.15) is 37.7 Å². The molecule has 0 aliphatic carbocycles. The molecule has 1 N–H and O–H groups in total. The lowest BCUT2D eigenvalue weighted by atomic mass is 9.78. The lowest BCUT2D eigenvalue weighted by molar-refractivity contribution is -0.0359. The second-order valence-corrected chi connectivity index (χ2v) is 8.04. The molecule has 23 heavy (non-hydrogen) atoms. The van der Waals surface area contributed by atoms with E-state index in [0.717, 1.165) is 42.2 Å². The first-order chi connectivity index (χ1) is 11.2. The van der Waals surface area contributed by atoms with E-state index in [4.69, 9.17) is 4.74 Å². The Morgan fingerprint density at radius 3 is 2.87 bits per heavy atom. The van der Waals surface area contributed by atoms with Gasteiger partial charge in [0.2, 0.25) is 0 Å². The molecule has 2 unspecified atom stereocenters. The molecular formula is C19H29NO2S. The molecule has 2 heterocycles. The Labute approximate surface area is 144 Å². The van der Waals surface area contributed by atoms with E-state index in [1.165, 1.54) is 32.4 Å². The number of benzene rings is 1. The average molecular weight is 336 g/mol. The van der Waals surface area contributed by atoms with Gasteiger partial charge in [0, 0.05) is 18.2 Å². The highest BCUT2D eigenvalue weighted by Gasteiger charge is 2.40. The van der Waals surface area contributed by atoms with E-state index in [1.807, 2.05) is 30.0 Å². The molecule has 2 saturated heterocycles. The molecule has 2 aliphatic heterocycles. The van der Waals surface area contributed by atoms with Crippen molar-refractivity contribution in [3.63, 3.8) is 0 Å². The van der Waals surface area contributed by atoms with Crippen molar-refractivity contribution in [1.29, 1.82) is 0 Å². The zero-order valence-corrected chi connectivity index (χ0v) is 15.0. The van der Waals surface area contributed by atoms with Crippen LogP contribution in [0.5, 0.6) is 5.75 Å². The number of piperidine rings is 1. The molecule has 2 aliphatic rings. The Kier molecular flexibility index (Phi) is 5.89. The monoisotopic (exact) mass is 335 g/mol. The first-order valence-corrected chi connectivity index (χ1v) is 10.0. The van der Waals surface area contributed by atoms with E-state index < -0.39 is 5.60 Å². The molecule has 0 bridgehead atoms. The predicted octanol–water partition coefficient (Wildman–Crippen LogP) is 3.51. The fraction of sp³-hybridized carbons (Fsp3) is 0.684. The molecule has 3 rings (SSSR count). The highest BCUT2D eigenvalue weighted by Crippen LogP contribution is 2.41. The van der Waals surface area contributed by atoms with E-state index in [9.17, 15) is 5.11 Å². The Balaban J connectivity index is 1.83. The number of aliphatic hydroxyl groups is 1. The van der Waals surface area contributed by atoms with Crippen molar-refractivity contribution >= 4 is 11.8 Å². The number of hydrogen-bond acceptors (Lipinski definition) is 4. The van der Waals surface area contributed by atoms with Crippen LogP contribution in [-0.2, 0) is 5.60 Å². The molecular weight excluding hydrogens is 306 g/mol. The standard InChI is InChI=1S/C19H29NO2S/c1-22-18-8-5-7-16(13-18)19(21)9-6-12-23-15-17(19)14-20-10-3-2-4-11-20/h5,7-8,13,17,21H,2-4,6,9-12,14-15H2,1H3. The number of rotatable bonds is 4. The van der Waals surface area contributed by atoms with Gasteiger partial charge >= 0.3 is 0 Å². The highest BCUT2D eigenvalue weighted by molar-refractivity contribution is 7.99. The largest absolute Gasteiger partial charge is 0.497 e. The van der Waals surface area contributed by atoms with Crippen molar-refractivity contribution in [3.8, 4) is 5.75 Å². The second kappa shape index (κ2) is 7.91.